The molecular formula is C21H24FNO. The van der Waals surface area contributed by atoms with E-state index in [2.05, 4.69) is 11.6 Å². The van der Waals surface area contributed by atoms with Crippen LogP contribution in [0.15, 0.2) is 55.3 Å². The maximum absolute atomic E-state index is 14.4. The Morgan fingerprint density at radius 2 is 2.12 bits per heavy atom. The number of allylic oxidation sites excluding steroid dienone is 2. The van der Waals surface area contributed by atoms with Gasteiger partial charge in [0.25, 0.3) is 0 Å². The predicted octanol–water partition coefficient (Wildman–Crippen LogP) is 5.18. The summed E-state index contributed by atoms with van der Waals surface area (Å²) >= 11 is 0. The third-order valence-electron chi connectivity index (χ3n) is 3.79. The molecule has 0 aliphatic heterocycles. The molecule has 1 aromatic carbocycles. The molecule has 0 saturated carbocycles. The first-order valence-corrected chi connectivity index (χ1v) is 8.30. The van der Waals surface area contributed by atoms with Gasteiger partial charge >= 0.3 is 0 Å². The standard InChI is InChI=1S/C21H24FNO/c1-3-7-19-12-11-18(15-23-19)20-13-10-17(14-21(20)22)9-6-4-5-8-16(2)24/h3,6,9-16,24H,1,4-5,7-8H2,2H3. The largest absolute Gasteiger partial charge is 0.393 e. The van der Waals surface area contributed by atoms with Crippen LogP contribution in [0.1, 0.15) is 37.4 Å². The normalized spacial score (nSPS) is 12.5. The maximum atomic E-state index is 14.4. The van der Waals surface area contributed by atoms with Crippen molar-refractivity contribution in [3.8, 4) is 11.1 Å². The third kappa shape index (κ3) is 5.43. The van der Waals surface area contributed by atoms with E-state index in [1.807, 2.05) is 30.4 Å². The summed E-state index contributed by atoms with van der Waals surface area (Å²) in [5.74, 6) is -0.251. The molecule has 0 aliphatic rings. The van der Waals surface area contributed by atoms with Crippen LogP contribution >= 0.6 is 0 Å². The molecule has 1 atom stereocenters. The van der Waals surface area contributed by atoms with Crippen LogP contribution in [0, 0.1) is 5.82 Å². The van der Waals surface area contributed by atoms with Crippen molar-refractivity contribution in [2.24, 2.45) is 0 Å². The molecule has 0 radical (unpaired) electrons. The number of benzene rings is 1. The summed E-state index contributed by atoms with van der Waals surface area (Å²) in [6, 6.07) is 9.01. The number of hydrogen-bond donors (Lipinski definition) is 1. The highest BCUT2D eigenvalue weighted by atomic mass is 19.1. The van der Waals surface area contributed by atoms with Crippen LogP contribution in [0.25, 0.3) is 17.2 Å². The molecule has 2 nitrogen and oxygen atoms in total. The second-order valence-corrected chi connectivity index (χ2v) is 5.95. The quantitative estimate of drug-likeness (QED) is 0.536. The summed E-state index contributed by atoms with van der Waals surface area (Å²) in [7, 11) is 0. The minimum absolute atomic E-state index is 0.251. The molecule has 1 aromatic heterocycles. The fourth-order valence-corrected chi connectivity index (χ4v) is 2.47. The molecule has 0 amide bonds. The number of aromatic nitrogens is 1. The Morgan fingerprint density at radius 3 is 2.75 bits per heavy atom. The van der Waals surface area contributed by atoms with Crippen LogP contribution in [0.4, 0.5) is 4.39 Å². The lowest BCUT2D eigenvalue weighted by atomic mass is 10.0. The number of unbranched alkanes of at least 4 members (excludes halogenated alkanes) is 1. The number of halogens is 1. The molecular weight excluding hydrogens is 301 g/mol. The number of nitrogens with zero attached hydrogens (tertiary/aromatic N) is 1. The van der Waals surface area contributed by atoms with Gasteiger partial charge in [0.1, 0.15) is 5.82 Å². The molecule has 1 N–H and O–H groups in total. The first-order valence-electron chi connectivity index (χ1n) is 8.30. The van der Waals surface area contributed by atoms with Crippen molar-refractivity contribution >= 4 is 6.08 Å². The molecule has 24 heavy (non-hydrogen) atoms. The van der Waals surface area contributed by atoms with Crippen molar-refractivity contribution in [3.63, 3.8) is 0 Å². The molecule has 0 aliphatic carbocycles. The van der Waals surface area contributed by atoms with Gasteiger partial charge in [0.15, 0.2) is 0 Å². The van der Waals surface area contributed by atoms with Crippen LogP contribution in [0.3, 0.4) is 0 Å². The monoisotopic (exact) mass is 325 g/mol. The first kappa shape index (κ1) is 18.1. The van der Waals surface area contributed by atoms with Crippen molar-refractivity contribution in [2.75, 3.05) is 0 Å². The van der Waals surface area contributed by atoms with Crippen molar-refractivity contribution in [2.45, 2.75) is 38.7 Å². The fraction of sp³-hybridized carbons (Fsp3) is 0.286. The molecule has 2 rings (SSSR count). The van der Waals surface area contributed by atoms with Gasteiger partial charge in [-0.15, -0.1) is 6.58 Å². The fourth-order valence-electron chi connectivity index (χ4n) is 2.47. The van der Waals surface area contributed by atoms with Crippen LogP contribution in [-0.4, -0.2) is 16.2 Å². The van der Waals surface area contributed by atoms with E-state index in [4.69, 9.17) is 0 Å². The lowest BCUT2D eigenvalue weighted by molar-refractivity contribution is 0.182. The molecule has 0 fully saturated rings. The topological polar surface area (TPSA) is 33.1 Å². The number of pyridine rings is 1. The molecule has 3 heteroatoms. The molecule has 1 unspecified atom stereocenters. The highest BCUT2D eigenvalue weighted by molar-refractivity contribution is 5.65. The highest BCUT2D eigenvalue weighted by Crippen LogP contribution is 2.24. The van der Waals surface area contributed by atoms with E-state index >= 15 is 0 Å². The van der Waals surface area contributed by atoms with E-state index in [1.54, 1.807) is 25.3 Å². The van der Waals surface area contributed by atoms with E-state index in [0.717, 1.165) is 36.1 Å². The lowest BCUT2D eigenvalue weighted by Gasteiger charge is -2.05. The molecule has 2 aromatic rings. The van der Waals surface area contributed by atoms with Gasteiger partial charge in [-0.25, -0.2) is 4.39 Å². The Morgan fingerprint density at radius 1 is 1.29 bits per heavy atom. The average molecular weight is 325 g/mol. The van der Waals surface area contributed by atoms with Crippen LogP contribution < -0.4 is 0 Å². The zero-order chi connectivity index (χ0) is 17.4. The Kier molecular flexibility index (Phi) is 6.89. The van der Waals surface area contributed by atoms with Gasteiger partial charge in [0.2, 0.25) is 0 Å². The molecule has 0 bridgehead atoms. The molecule has 0 spiro atoms. The molecule has 126 valence electrons. The number of rotatable bonds is 8. The van der Waals surface area contributed by atoms with Gasteiger partial charge in [-0.05, 0) is 43.9 Å². The third-order valence-corrected chi connectivity index (χ3v) is 3.79. The minimum Gasteiger partial charge on any atom is -0.393 e. The zero-order valence-electron chi connectivity index (χ0n) is 14.1. The van der Waals surface area contributed by atoms with Gasteiger partial charge < -0.3 is 5.11 Å². The summed E-state index contributed by atoms with van der Waals surface area (Å²) in [4.78, 5) is 4.32. The van der Waals surface area contributed by atoms with Gasteiger partial charge in [0.05, 0.1) is 6.10 Å². The number of hydrogen-bond acceptors (Lipinski definition) is 2. The van der Waals surface area contributed by atoms with Gasteiger partial charge in [-0.3, -0.25) is 4.98 Å². The second kappa shape index (κ2) is 9.14. The maximum Gasteiger partial charge on any atom is 0.131 e. The van der Waals surface area contributed by atoms with E-state index in [0.29, 0.717) is 12.0 Å². The summed E-state index contributed by atoms with van der Waals surface area (Å²) in [5, 5.41) is 9.21. The zero-order valence-corrected chi connectivity index (χ0v) is 14.1. The summed E-state index contributed by atoms with van der Waals surface area (Å²) < 4.78 is 14.4. The highest BCUT2D eigenvalue weighted by Gasteiger charge is 2.06. The lowest BCUT2D eigenvalue weighted by Crippen LogP contribution is -1.97. The first-order chi connectivity index (χ1) is 11.6. The van der Waals surface area contributed by atoms with Crippen molar-refractivity contribution in [1.29, 1.82) is 0 Å². The van der Waals surface area contributed by atoms with E-state index in [1.165, 1.54) is 6.07 Å². The van der Waals surface area contributed by atoms with Crippen LogP contribution in [-0.2, 0) is 6.42 Å². The Hall–Kier alpha value is -2.26. The van der Waals surface area contributed by atoms with Gasteiger partial charge in [-0.1, -0.05) is 36.4 Å². The van der Waals surface area contributed by atoms with Crippen molar-refractivity contribution in [1.82, 2.24) is 4.98 Å². The summed E-state index contributed by atoms with van der Waals surface area (Å²) in [6.45, 7) is 5.47. The summed E-state index contributed by atoms with van der Waals surface area (Å²) in [6.07, 6.45) is 10.5. The number of aliphatic hydroxyl groups is 1. The molecule has 0 saturated heterocycles. The van der Waals surface area contributed by atoms with Crippen molar-refractivity contribution < 1.29 is 9.50 Å². The Bertz CT molecular complexity index is 689. The Labute approximate surface area is 143 Å². The Balaban J connectivity index is 2.03. The van der Waals surface area contributed by atoms with E-state index < -0.39 is 0 Å². The van der Waals surface area contributed by atoms with E-state index in [9.17, 15) is 9.50 Å². The SMILES string of the molecule is C=CCc1ccc(-c2ccc(C=CCCCC(C)O)cc2F)cn1. The van der Waals surface area contributed by atoms with Crippen LogP contribution in [0.5, 0.6) is 0 Å². The molecule has 1 heterocycles. The predicted molar refractivity (Wildman–Crippen MR) is 98.1 cm³/mol. The smallest absolute Gasteiger partial charge is 0.131 e. The second-order valence-electron chi connectivity index (χ2n) is 5.95. The van der Waals surface area contributed by atoms with Crippen LogP contribution in [0.2, 0.25) is 0 Å². The minimum atomic E-state index is -0.262. The number of aliphatic hydroxyl groups excluding tert-OH is 1. The van der Waals surface area contributed by atoms with E-state index in [-0.39, 0.29) is 11.9 Å². The van der Waals surface area contributed by atoms with Gasteiger partial charge in [0, 0.05) is 29.4 Å². The summed E-state index contributed by atoms with van der Waals surface area (Å²) in [5.41, 5.74) is 3.09. The average Bonchev–Trinajstić information content (AvgIpc) is 2.56. The van der Waals surface area contributed by atoms with Gasteiger partial charge in [-0.2, -0.15) is 0 Å². The van der Waals surface area contributed by atoms with Crippen molar-refractivity contribution in [3.05, 3.63) is 72.3 Å².